The standard InChI is InChI=1S/C11H14.Y/c1-4-10(3)11-7-5-9(2)6-8-11;/h1,5-8,10H,4H2,2-3H3;/q-1;. The van der Waals surface area contributed by atoms with E-state index in [1.807, 2.05) is 0 Å². The Kier molecular flexibility index (Phi) is 6.04. The Morgan fingerprint density at radius 3 is 2.17 bits per heavy atom. The van der Waals surface area contributed by atoms with E-state index in [0.29, 0.717) is 5.92 Å². The van der Waals surface area contributed by atoms with E-state index in [1.54, 1.807) is 0 Å². The van der Waals surface area contributed by atoms with Crippen LogP contribution in [-0.4, -0.2) is 0 Å². The topological polar surface area (TPSA) is 0 Å². The van der Waals surface area contributed by atoms with Crippen LogP contribution < -0.4 is 0 Å². The van der Waals surface area contributed by atoms with Crippen molar-refractivity contribution >= 4 is 0 Å². The molecular formula is C11H14Y-. The molecule has 12 heavy (non-hydrogen) atoms. The predicted molar refractivity (Wildman–Crippen MR) is 48.5 cm³/mol. The molecule has 0 aromatic heterocycles. The van der Waals surface area contributed by atoms with Crippen LogP contribution in [0.2, 0.25) is 0 Å². The first-order valence-electron chi connectivity index (χ1n) is 4.00. The van der Waals surface area contributed by atoms with Gasteiger partial charge in [0.25, 0.3) is 0 Å². The zero-order valence-electron chi connectivity index (χ0n) is 7.75. The Labute approximate surface area is 101 Å². The first kappa shape index (κ1) is 12.3. The maximum atomic E-state index is 5.54. The predicted octanol–water partition coefficient (Wildman–Crippen LogP) is 3.20. The van der Waals surface area contributed by atoms with E-state index >= 15 is 0 Å². The largest absolute Gasteiger partial charge is 0.494 e. The molecule has 2 radical (unpaired) electrons. The van der Waals surface area contributed by atoms with Gasteiger partial charge in [0.05, 0.1) is 0 Å². The van der Waals surface area contributed by atoms with Gasteiger partial charge >= 0.3 is 0 Å². The number of rotatable bonds is 2. The Hall–Kier alpha value is 0.324. The summed E-state index contributed by atoms with van der Waals surface area (Å²) in [6.07, 6.45) is 0.725. The molecule has 0 nitrogen and oxygen atoms in total. The van der Waals surface area contributed by atoms with Crippen molar-refractivity contribution in [1.82, 2.24) is 0 Å². The molecule has 0 N–H and O–H groups in total. The third-order valence-electron chi connectivity index (χ3n) is 2.00. The van der Waals surface area contributed by atoms with Crippen LogP contribution in [0.3, 0.4) is 0 Å². The fraction of sp³-hybridized carbons (Fsp3) is 0.364. The summed E-state index contributed by atoms with van der Waals surface area (Å²) in [5, 5.41) is 0. The van der Waals surface area contributed by atoms with Crippen LogP contribution in [0.5, 0.6) is 0 Å². The molecule has 1 aromatic carbocycles. The maximum absolute atomic E-state index is 5.54. The normalized spacial score (nSPS) is 11.9. The fourth-order valence-electron chi connectivity index (χ4n) is 1.03. The molecule has 0 aliphatic rings. The van der Waals surface area contributed by atoms with Gasteiger partial charge in [0.2, 0.25) is 0 Å². The SMILES string of the molecule is [CH-]CC(C)c1ccc(C)cc1.[Y]. The monoisotopic (exact) mass is 235 g/mol. The molecule has 0 amide bonds. The van der Waals surface area contributed by atoms with E-state index in [1.165, 1.54) is 11.1 Å². The molecule has 1 heteroatoms. The Balaban J connectivity index is 0.00000121. The van der Waals surface area contributed by atoms with Crippen LogP contribution in [0.1, 0.15) is 30.4 Å². The molecular weight excluding hydrogens is 221 g/mol. The molecule has 0 saturated carbocycles. The number of hydrogen-bond acceptors (Lipinski definition) is 0. The number of benzene rings is 1. The smallest absolute Gasteiger partial charge is 0 e. The summed E-state index contributed by atoms with van der Waals surface area (Å²) in [5.41, 5.74) is 2.64. The molecule has 0 aliphatic carbocycles. The third-order valence-corrected chi connectivity index (χ3v) is 2.00. The Morgan fingerprint density at radius 2 is 1.75 bits per heavy atom. The zero-order chi connectivity index (χ0) is 8.27. The van der Waals surface area contributed by atoms with Crippen LogP contribution in [0, 0.1) is 13.8 Å². The van der Waals surface area contributed by atoms with Crippen molar-refractivity contribution in [2.45, 2.75) is 26.2 Å². The first-order valence-corrected chi connectivity index (χ1v) is 4.00. The minimum atomic E-state index is 0. The van der Waals surface area contributed by atoms with Crippen LogP contribution in [-0.2, 0) is 32.7 Å². The van der Waals surface area contributed by atoms with Crippen LogP contribution in [0.15, 0.2) is 24.3 Å². The average Bonchev–Trinajstić information content (AvgIpc) is 2.05. The van der Waals surface area contributed by atoms with Crippen LogP contribution in [0.4, 0.5) is 0 Å². The quantitative estimate of drug-likeness (QED) is 0.690. The second-order valence-electron chi connectivity index (χ2n) is 3.05. The molecule has 1 rings (SSSR count). The maximum Gasteiger partial charge on any atom is 0 e. The van der Waals surface area contributed by atoms with Gasteiger partial charge in [-0.3, -0.25) is 0 Å². The van der Waals surface area contributed by atoms with E-state index in [9.17, 15) is 0 Å². The van der Waals surface area contributed by atoms with Crippen molar-refractivity contribution < 1.29 is 32.7 Å². The molecule has 0 fully saturated rings. The summed E-state index contributed by atoms with van der Waals surface area (Å²) in [5.74, 6) is 0.482. The summed E-state index contributed by atoms with van der Waals surface area (Å²) in [7, 11) is 0. The molecule has 0 aliphatic heterocycles. The zero-order valence-corrected chi connectivity index (χ0v) is 10.6. The van der Waals surface area contributed by atoms with Gasteiger partial charge in [-0.1, -0.05) is 36.8 Å². The van der Waals surface area contributed by atoms with Crippen molar-refractivity contribution in [3.05, 3.63) is 42.3 Å². The summed E-state index contributed by atoms with van der Waals surface area (Å²) in [6.45, 7) is 9.78. The minimum Gasteiger partial charge on any atom is -0.494 e. The van der Waals surface area contributed by atoms with E-state index in [4.69, 9.17) is 6.92 Å². The van der Waals surface area contributed by atoms with Crippen molar-refractivity contribution in [3.8, 4) is 0 Å². The van der Waals surface area contributed by atoms with Gasteiger partial charge in [-0.05, 0) is 18.4 Å². The van der Waals surface area contributed by atoms with Gasteiger partial charge in [-0.25, -0.2) is 0 Å². The number of hydrogen-bond donors (Lipinski definition) is 0. The van der Waals surface area contributed by atoms with E-state index < -0.39 is 0 Å². The minimum absolute atomic E-state index is 0. The van der Waals surface area contributed by atoms with Gasteiger partial charge in [-0.15, -0.1) is 0 Å². The Morgan fingerprint density at radius 1 is 1.25 bits per heavy atom. The van der Waals surface area contributed by atoms with E-state index in [0.717, 1.165) is 6.42 Å². The van der Waals surface area contributed by atoms with Gasteiger partial charge < -0.3 is 6.92 Å². The molecule has 1 atom stereocenters. The van der Waals surface area contributed by atoms with Crippen LogP contribution >= 0.6 is 0 Å². The molecule has 0 heterocycles. The van der Waals surface area contributed by atoms with Gasteiger partial charge in [0.15, 0.2) is 0 Å². The van der Waals surface area contributed by atoms with E-state index in [2.05, 4.69) is 38.1 Å². The van der Waals surface area contributed by atoms with Crippen LogP contribution in [0.25, 0.3) is 0 Å². The summed E-state index contributed by atoms with van der Waals surface area (Å²) in [4.78, 5) is 0. The Bertz CT molecular complexity index is 213. The average molecular weight is 235 g/mol. The molecule has 1 unspecified atom stereocenters. The molecule has 1 aromatic rings. The van der Waals surface area contributed by atoms with Gasteiger partial charge in [0, 0.05) is 32.7 Å². The van der Waals surface area contributed by atoms with Crippen molar-refractivity contribution in [3.63, 3.8) is 0 Å². The number of aryl methyl sites for hydroxylation is 1. The van der Waals surface area contributed by atoms with Gasteiger partial charge in [0.1, 0.15) is 0 Å². The fourth-order valence-corrected chi connectivity index (χ4v) is 1.03. The van der Waals surface area contributed by atoms with Crippen molar-refractivity contribution in [2.24, 2.45) is 0 Å². The third kappa shape index (κ3) is 3.37. The van der Waals surface area contributed by atoms with Crippen molar-refractivity contribution in [2.75, 3.05) is 0 Å². The van der Waals surface area contributed by atoms with Crippen molar-refractivity contribution in [1.29, 1.82) is 0 Å². The second-order valence-corrected chi connectivity index (χ2v) is 3.05. The molecule has 0 bridgehead atoms. The first-order chi connectivity index (χ1) is 5.24. The summed E-state index contributed by atoms with van der Waals surface area (Å²) < 4.78 is 0. The van der Waals surface area contributed by atoms with Gasteiger partial charge in [-0.2, -0.15) is 6.42 Å². The molecule has 62 valence electrons. The van der Waals surface area contributed by atoms with E-state index in [-0.39, 0.29) is 32.7 Å². The summed E-state index contributed by atoms with van der Waals surface area (Å²) >= 11 is 0. The second kappa shape index (κ2) is 5.88. The molecule has 0 saturated heterocycles. The summed E-state index contributed by atoms with van der Waals surface area (Å²) in [6, 6.07) is 8.54. The molecule has 0 spiro atoms.